The van der Waals surface area contributed by atoms with Crippen molar-refractivity contribution in [1.29, 1.82) is 0 Å². The number of anilines is 1. The van der Waals surface area contributed by atoms with Crippen LogP contribution in [0.15, 0.2) is 75.6 Å². The fourth-order valence-electron chi connectivity index (χ4n) is 3.38. The molecule has 2 aromatic carbocycles. The maximum atomic E-state index is 10.7. The van der Waals surface area contributed by atoms with Crippen LogP contribution in [0.25, 0.3) is 0 Å². The fraction of sp³-hybridized carbons (Fsp3) is 0.333. The van der Waals surface area contributed by atoms with Crippen molar-refractivity contribution in [2.75, 3.05) is 18.0 Å². The van der Waals surface area contributed by atoms with E-state index in [9.17, 15) is 10.1 Å². The summed E-state index contributed by atoms with van der Waals surface area (Å²) >= 11 is 1.77. The fourth-order valence-corrected chi connectivity index (χ4v) is 4.08. The van der Waals surface area contributed by atoms with E-state index in [2.05, 4.69) is 51.0 Å². The summed E-state index contributed by atoms with van der Waals surface area (Å²) in [5.41, 5.74) is 4.04. The van der Waals surface area contributed by atoms with Crippen molar-refractivity contribution in [1.82, 2.24) is 0 Å². The minimum absolute atomic E-state index is 0.0467. The zero-order valence-corrected chi connectivity index (χ0v) is 18.6. The molecule has 0 unspecified atom stereocenters. The standard InChI is InChI=1S/C24H28N4O2S/c1-2-27(17-6-4-3-5-7-20-16-18-31-19-20)23-12-8-21(9-13-23)25-26-22-10-14-24(15-11-22)28(29)30/h8-16,18-19H,2-7,17H2,1H3. The van der Waals surface area contributed by atoms with Crippen molar-refractivity contribution in [2.24, 2.45) is 10.2 Å². The van der Waals surface area contributed by atoms with Crippen molar-refractivity contribution < 1.29 is 4.92 Å². The first-order valence-electron chi connectivity index (χ1n) is 10.7. The molecule has 31 heavy (non-hydrogen) atoms. The number of hydrogen-bond acceptors (Lipinski definition) is 6. The van der Waals surface area contributed by atoms with Gasteiger partial charge in [0.05, 0.1) is 16.3 Å². The first kappa shape index (κ1) is 22.6. The molecule has 0 saturated heterocycles. The predicted molar refractivity (Wildman–Crippen MR) is 128 cm³/mol. The summed E-state index contributed by atoms with van der Waals surface area (Å²) in [6.07, 6.45) is 6.17. The molecule has 0 atom stereocenters. The summed E-state index contributed by atoms with van der Waals surface area (Å²) in [4.78, 5) is 12.7. The lowest BCUT2D eigenvalue weighted by Crippen LogP contribution is -2.23. The smallest absolute Gasteiger partial charge is 0.269 e. The Morgan fingerprint density at radius 2 is 1.55 bits per heavy atom. The normalized spacial score (nSPS) is 11.1. The zero-order chi connectivity index (χ0) is 21.9. The van der Waals surface area contributed by atoms with Crippen molar-refractivity contribution >= 4 is 34.1 Å². The molecule has 0 aliphatic carbocycles. The molecule has 1 heterocycles. The SMILES string of the molecule is CCN(CCCCCCc1ccsc1)c1ccc(N=Nc2ccc([N+](=O)[O-])cc2)cc1. The molecule has 162 valence electrons. The van der Waals surface area contributed by atoms with Crippen LogP contribution in [-0.2, 0) is 6.42 Å². The highest BCUT2D eigenvalue weighted by Gasteiger charge is 2.05. The lowest BCUT2D eigenvalue weighted by atomic mass is 10.1. The van der Waals surface area contributed by atoms with Gasteiger partial charge < -0.3 is 4.90 Å². The minimum Gasteiger partial charge on any atom is -0.372 e. The van der Waals surface area contributed by atoms with Crippen LogP contribution in [0.1, 0.15) is 38.2 Å². The number of hydrogen-bond donors (Lipinski definition) is 0. The van der Waals surface area contributed by atoms with Crippen molar-refractivity contribution in [3.05, 3.63) is 81.0 Å². The van der Waals surface area contributed by atoms with Crippen molar-refractivity contribution in [3.8, 4) is 0 Å². The average molecular weight is 437 g/mol. The lowest BCUT2D eigenvalue weighted by Gasteiger charge is -2.23. The van der Waals surface area contributed by atoms with Crippen LogP contribution >= 0.6 is 11.3 Å². The van der Waals surface area contributed by atoms with Crippen molar-refractivity contribution in [3.63, 3.8) is 0 Å². The van der Waals surface area contributed by atoms with Gasteiger partial charge in [-0.3, -0.25) is 10.1 Å². The van der Waals surface area contributed by atoms with E-state index in [-0.39, 0.29) is 5.69 Å². The van der Waals surface area contributed by atoms with Gasteiger partial charge in [-0.1, -0.05) is 12.8 Å². The maximum absolute atomic E-state index is 10.7. The molecule has 3 rings (SSSR count). The van der Waals surface area contributed by atoms with Crippen LogP contribution < -0.4 is 4.90 Å². The Bertz CT molecular complexity index is 954. The van der Waals surface area contributed by atoms with Gasteiger partial charge in [-0.25, -0.2) is 0 Å². The summed E-state index contributed by atoms with van der Waals surface area (Å²) in [7, 11) is 0. The molecule has 0 aliphatic heterocycles. The highest BCUT2D eigenvalue weighted by atomic mass is 32.1. The Morgan fingerprint density at radius 3 is 2.13 bits per heavy atom. The third kappa shape index (κ3) is 7.29. The lowest BCUT2D eigenvalue weighted by molar-refractivity contribution is -0.384. The summed E-state index contributed by atoms with van der Waals surface area (Å²) in [5, 5.41) is 23.5. The number of benzene rings is 2. The highest BCUT2D eigenvalue weighted by Crippen LogP contribution is 2.24. The highest BCUT2D eigenvalue weighted by molar-refractivity contribution is 7.07. The van der Waals surface area contributed by atoms with Crippen LogP contribution in [0.2, 0.25) is 0 Å². The molecule has 6 nitrogen and oxygen atoms in total. The molecule has 0 amide bonds. The van der Waals surface area contributed by atoms with E-state index in [1.807, 2.05) is 12.1 Å². The number of nitrogens with zero attached hydrogens (tertiary/aromatic N) is 4. The Kier molecular flexibility index (Phi) is 8.72. The first-order valence-corrected chi connectivity index (χ1v) is 11.6. The molecule has 3 aromatic rings. The van der Waals surface area contributed by atoms with Crippen molar-refractivity contribution in [2.45, 2.75) is 39.0 Å². The van der Waals surface area contributed by atoms with Gasteiger partial charge >= 0.3 is 0 Å². The Hall–Kier alpha value is -3.06. The second kappa shape index (κ2) is 12.0. The van der Waals surface area contributed by atoms with Crippen LogP contribution in [0.5, 0.6) is 0 Å². The molecule has 0 fully saturated rings. The van der Waals surface area contributed by atoms with Gasteiger partial charge in [0.2, 0.25) is 0 Å². The van der Waals surface area contributed by atoms with E-state index in [0.29, 0.717) is 5.69 Å². The van der Waals surface area contributed by atoms with Crippen LogP contribution in [0.3, 0.4) is 0 Å². The van der Waals surface area contributed by atoms with E-state index in [0.717, 1.165) is 18.8 Å². The molecule has 0 spiro atoms. The van der Waals surface area contributed by atoms with E-state index in [1.54, 1.807) is 23.5 Å². The van der Waals surface area contributed by atoms with Gasteiger partial charge in [0.25, 0.3) is 5.69 Å². The number of aryl methyl sites for hydroxylation is 1. The van der Waals surface area contributed by atoms with Gasteiger partial charge in [-0.15, -0.1) is 0 Å². The minimum atomic E-state index is -0.426. The number of nitro groups is 1. The molecule has 7 heteroatoms. The zero-order valence-electron chi connectivity index (χ0n) is 17.8. The summed E-state index contributed by atoms with van der Waals surface area (Å²) in [5.74, 6) is 0. The molecule has 0 radical (unpaired) electrons. The molecule has 0 aliphatic rings. The Morgan fingerprint density at radius 1 is 0.903 bits per heavy atom. The number of nitro benzene ring substituents is 1. The van der Waals surface area contributed by atoms with E-state index >= 15 is 0 Å². The summed E-state index contributed by atoms with van der Waals surface area (Å²) in [6.45, 7) is 4.20. The monoisotopic (exact) mass is 436 g/mol. The van der Waals surface area contributed by atoms with Crippen LogP contribution in [-0.4, -0.2) is 18.0 Å². The Labute approximate surface area is 187 Å². The largest absolute Gasteiger partial charge is 0.372 e. The topological polar surface area (TPSA) is 71.1 Å². The van der Waals surface area contributed by atoms with E-state index < -0.39 is 4.92 Å². The summed E-state index contributed by atoms with van der Waals surface area (Å²) in [6, 6.07) is 16.3. The number of rotatable bonds is 12. The number of azo groups is 1. The van der Waals surface area contributed by atoms with Gasteiger partial charge in [-0.05, 0) is 85.0 Å². The number of non-ortho nitro benzene ring substituents is 1. The molecular weight excluding hydrogens is 408 g/mol. The number of unbranched alkanes of at least 4 members (excludes halogenated alkanes) is 3. The molecular formula is C24H28N4O2S. The second-order valence-corrected chi connectivity index (χ2v) is 8.15. The number of thiophene rings is 1. The van der Waals surface area contributed by atoms with Crippen LogP contribution in [0.4, 0.5) is 22.7 Å². The van der Waals surface area contributed by atoms with Gasteiger partial charge in [0.15, 0.2) is 0 Å². The molecule has 1 aromatic heterocycles. The predicted octanol–water partition coefficient (Wildman–Crippen LogP) is 7.70. The third-order valence-electron chi connectivity index (χ3n) is 5.16. The van der Waals surface area contributed by atoms with Gasteiger partial charge in [0, 0.05) is 30.9 Å². The van der Waals surface area contributed by atoms with Crippen LogP contribution in [0, 0.1) is 10.1 Å². The van der Waals surface area contributed by atoms with Gasteiger partial charge in [-0.2, -0.15) is 21.6 Å². The van der Waals surface area contributed by atoms with Gasteiger partial charge in [0.1, 0.15) is 0 Å². The molecule has 0 saturated carbocycles. The second-order valence-electron chi connectivity index (χ2n) is 7.37. The summed E-state index contributed by atoms with van der Waals surface area (Å²) < 4.78 is 0. The third-order valence-corrected chi connectivity index (χ3v) is 5.89. The molecule has 0 bridgehead atoms. The maximum Gasteiger partial charge on any atom is 0.269 e. The van der Waals surface area contributed by atoms with E-state index in [4.69, 9.17) is 0 Å². The first-order chi connectivity index (χ1) is 15.2. The average Bonchev–Trinajstić information content (AvgIpc) is 3.31. The quantitative estimate of drug-likeness (QED) is 0.126. The van der Waals surface area contributed by atoms with E-state index in [1.165, 1.54) is 55.5 Å². The molecule has 0 N–H and O–H groups in total. The Balaban J connectivity index is 1.44.